The summed E-state index contributed by atoms with van der Waals surface area (Å²) < 4.78 is 14.1. The van der Waals surface area contributed by atoms with E-state index in [1.54, 1.807) is 24.3 Å². The Morgan fingerprint density at radius 3 is 2.65 bits per heavy atom. The number of hydrogen-bond acceptors (Lipinski definition) is 3. The fourth-order valence-electron chi connectivity index (χ4n) is 4.04. The molecule has 0 saturated heterocycles. The van der Waals surface area contributed by atoms with E-state index in [0.29, 0.717) is 11.3 Å². The van der Waals surface area contributed by atoms with Gasteiger partial charge in [0.25, 0.3) is 0 Å². The summed E-state index contributed by atoms with van der Waals surface area (Å²) in [6, 6.07) is 8.77. The van der Waals surface area contributed by atoms with Crippen molar-refractivity contribution in [1.82, 2.24) is 5.32 Å². The molecule has 0 bridgehead atoms. The molecule has 1 atom stereocenters. The number of allylic oxidation sites excluding steroid dienone is 1. The van der Waals surface area contributed by atoms with Gasteiger partial charge in [0.2, 0.25) is 11.8 Å². The van der Waals surface area contributed by atoms with Gasteiger partial charge in [0.05, 0.1) is 6.42 Å². The van der Waals surface area contributed by atoms with Crippen LogP contribution in [0, 0.1) is 5.82 Å². The molecular formula is C25H29FN2O2S. The van der Waals surface area contributed by atoms with Crippen LogP contribution in [0.5, 0.6) is 0 Å². The van der Waals surface area contributed by atoms with Crippen molar-refractivity contribution >= 4 is 28.8 Å². The molecule has 1 fully saturated rings. The third kappa shape index (κ3) is 5.91. The summed E-state index contributed by atoms with van der Waals surface area (Å²) in [4.78, 5) is 29.3. The summed E-state index contributed by atoms with van der Waals surface area (Å²) in [5.74, 6) is -0.986. The average Bonchev–Trinajstić information content (AvgIpc) is 3.27. The standard InChI is InChI=1S/C25H29FN2O2S/c1-3-18(4-2)24(25(30)27-20-11-6-5-7-12-20)28(21-13-8-10-19(26)16-21)23(29)17-22-14-9-15-31-22/h3-4,8-10,13-16,20,24H,1,5-7,11-12,17H2,2H3,(H,27,30)/b18-4+. The van der Waals surface area contributed by atoms with E-state index in [1.165, 1.54) is 34.8 Å². The van der Waals surface area contributed by atoms with Crippen molar-refractivity contribution in [3.05, 3.63) is 76.8 Å². The molecule has 1 aliphatic carbocycles. The van der Waals surface area contributed by atoms with Gasteiger partial charge in [-0.1, -0.05) is 50.1 Å². The number of amides is 2. The molecule has 1 heterocycles. The van der Waals surface area contributed by atoms with Gasteiger partial charge in [0.15, 0.2) is 0 Å². The van der Waals surface area contributed by atoms with Crippen LogP contribution in [-0.4, -0.2) is 23.9 Å². The van der Waals surface area contributed by atoms with Crippen LogP contribution in [0.25, 0.3) is 0 Å². The number of carbonyl (C=O) groups excluding carboxylic acids is 2. The fourth-order valence-corrected chi connectivity index (χ4v) is 4.74. The molecule has 31 heavy (non-hydrogen) atoms. The first-order valence-corrected chi connectivity index (χ1v) is 11.6. The van der Waals surface area contributed by atoms with E-state index in [4.69, 9.17) is 0 Å². The van der Waals surface area contributed by atoms with Crippen molar-refractivity contribution in [3.8, 4) is 0 Å². The summed E-state index contributed by atoms with van der Waals surface area (Å²) in [7, 11) is 0. The molecule has 6 heteroatoms. The maximum Gasteiger partial charge on any atom is 0.248 e. The zero-order valence-corrected chi connectivity index (χ0v) is 18.7. The third-order valence-corrected chi connectivity index (χ3v) is 6.48. The number of carbonyl (C=O) groups is 2. The molecule has 0 spiro atoms. The van der Waals surface area contributed by atoms with Crippen molar-refractivity contribution in [2.24, 2.45) is 0 Å². The van der Waals surface area contributed by atoms with Gasteiger partial charge in [0, 0.05) is 16.6 Å². The highest BCUT2D eigenvalue weighted by Gasteiger charge is 2.34. The van der Waals surface area contributed by atoms with E-state index in [2.05, 4.69) is 11.9 Å². The minimum absolute atomic E-state index is 0.0911. The molecule has 1 saturated carbocycles. The molecule has 3 rings (SSSR count). The zero-order chi connectivity index (χ0) is 22.2. The van der Waals surface area contributed by atoms with Crippen LogP contribution >= 0.6 is 11.3 Å². The molecule has 1 aliphatic rings. The predicted molar refractivity (Wildman–Crippen MR) is 125 cm³/mol. The summed E-state index contributed by atoms with van der Waals surface area (Å²) in [6.45, 7) is 5.66. The van der Waals surface area contributed by atoms with Crippen LogP contribution in [-0.2, 0) is 16.0 Å². The first kappa shape index (κ1) is 22.9. The Morgan fingerprint density at radius 1 is 1.26 bits per heavy atom. The molecule has 4 nitrogen and oxygen atoms in total. The van der Waals surface area contributed by atoms with Crippen molar-refractivity contribution in [1.29, 1.82) is 0 Å². The lowest BCUT2D eigenvalue weighted by Gasteiger charge is -2.34. The molecule has 1 aromatic heterocycles. The average molecular weight is 441 g/mol. The first-order chi connectivity index (χ1) is 15.0. The maximum absolute atomic E-state index is 14.1. The normalized spacial score (nSPS) is 15.9. The van der Waals surface area contributed by atoms with Crippen molar-refractivity contribution in [2.75, 3.05) is 4.90 Å². The topological polar surface area (TPSA) is 49.4 Å². The number of nitrogens with one attached hydrogen (secondary N) is 1. The quantitative estimate of drug-likeness (QED) is 0.558. The van der Waals surface area contributed by atoms with Crippen LogP contribution in [0.3, 0.4) is 0 Å². The molecule has 2 amide bonds. The minimum Gasteiger partial charge on any atom is -0.351 e. The molecule has 2 aromatic rings. The van der Waals surface area contributed by atoms with Crippen molar-refractivity contribution in [2.45, 2.75) is 57.5 Å². The van der Waals surface area contributed by atoms with Crippen LogP contribution < -0.4 is 10.2 Å². The lowest BCUT2D eigenvalue weighted by Crippen LogP contribution is -2.53. The van der Waals surface area contributed by atoms with Crippen molar-refractivity contribution in [3.63, 3.8) is 0 Å². The Balaban J connectivity index is 1.99. The highest BCUT2D eigenvalue weighted by Crippen LogP contribution is 2.26. The molecule has 0 aliphatic heterocycles. The smallest absolute Gasteiger partial charge is 0.248 e. The Bertz CT molecular complexity index is 933. The van der Waals surface area contributed by atoms with Crippen LogP contribution in [0.1, 0.15) is 43.9 Å². The van der Waals surface area contributed by atoms with Crippen LogP contribution in [0.4, 0.5) is 10.1 Å². The number of nitrogens with zero attached hydrogens (tertiary/aromatic N) is 1. The van der Waals surface area contributed by atoms with Gasteiger partial charge >= 0.3 is 0 Å². The largest absolute Gasteiger partial charge is 0.351 e. The van der Waals surface area contributed by atoms with E-state index in [9.17, 15) is 14.0 Å². The van der Waals surface area contributed by atoms with Gasteiger partial charge in [0.1, 0.15) is 11.9 Å². The number of rotatable bonds is 8. The fraction of sp³-hybridized carbons (Fsp3) is 0.360. The number of hydrogen-bond donors (Lipinski definition) is 1. The number of halogens is 1. The second-order valence-corrected chi connectivity index (χ2v) is 8.77. The second-order valence-electron chi connectivity index (χ2n) is 7.74. The zero-order valence-electron chi connectivity index (χ0n) is 17.9. The Hall–Kier alpha value is -2.73. The molecule has 0 radical (unpaired) electrons. The van der Waals surface area contributed by atoms with E-state index >= 15 is 0 Å². The summed E-state index contributed by atoms with van der Waals surface area (Å²) in [5.41, 5.74) is 0.962. The van der Waals surface area contributed by atoms with Gasteiger partial charge < -0.3 is 5.32 Å². The number of anilines is 1. The monoisotopic (exact) mass is 440 g/mol. The van der Waals surface area contributed by atoms with E-state index in [-0.39, 0.29) is 24.3 Å². The molecule has 164 valence electrons. The molecular weight excluding hydrogens is 411 g/mol. The second kappa shape index (κ2) is 11.0. The lowest BCUT2D eigenvalue weighted by molar-refractivity contribution is -0.126. The molecule has 1 N–H and O–H groups in total. The predicted octanol–water partition coefficient (Wildman–Crippen LogP) is 5.41. The minimum atomic E-state index is -0.918. The Morgan fingerprint density at radius 2 is 2.03 bits per heavy atom. The number of benzene rings is 1. The van der Waals surface area contributed by atoms with Gasteiger partial charge in [-0.25, -0.2) is 4.39 Å². The Kier molecular flexibility index (Phi) is 8.18. The molecule has 1 unspecified atom stereocenters. The van der Waals surface area contributed by atoms with Gasteiger partial charge in [-0.3, -0.25) is 14.5 Å². The third-order valence-electron chi connectivity index (χ3n) is 5.60. The molecule has 1 aromatic carbocycles. The van der Waals surface area contributed by atoms with Gasteiger partial charge in [-0.05, 0) is 55.0 Å². The summed E-state index contributed by atoms with van der Waals surface area (Å²) >= 11 is 1.48. The first-order valence-electron chi connectivity index (χ1n) is 10.7. The van der Waals surface area contributed by atoms with E-state index in [0.717, 1.165) is 30.6 Å². The SMILES string of the molecule is C=C/C(=C\C)C(C(=O)NC1CCCCC1)N(C(=O)Cc1cccs1)c1cccc(F)c1. The lowest BCUT2D eigenvalue weighted by atomic mass is 9.94. The highest BCUT2D eigenvalue weighted by molar-refractivity contribution is 7.10. The van der Waals surface area contributed by atoms with Crippen LogP contribution in [0.2, 0.25) is 0 Å². The van der Waals surface area contributed by atoms with Crippen molar-refractivity contribution < 1.29 is 14.0 Å². The number of thiophene rings is 1. The maximum atomic E-state index is 14.1. The van der Waals surface area contributed by atoms with E-state index < -0.39 is 11.9 Å². The summed E-state index contributed by atoms with van der Waals surface area (Å²) in [5, 5.41) is 5.04. The van der Waals surface area contributed by atoms with Gasteiger partial charge in [-0.2, -0.15) is 0 Å². The van der Waals surface area contributed by atoms with Gasteiger partial charge in [-0.15, -0.1) is 11.3 Å². The highest BCUT2D eigenvalue weighted by atomic mass is 32.1. The Labute approximate surface area is 187 Å². The van der Waals surface area contributed by atoms with E-state index in [1.807, 2.05) is 24.4 Å². The van der Waals surface area contributed by atoms with Crippen LogP contribution in [0.15, 0.2) is 66.1 Å². The summed E-state index contributed by atoms with van der Waals surface area (Å²) in [6.07, 6.45) is 8.71.